The van der Waals surface area contributed by atoms with E-state index >= 15 is 0 Å². The van der Waals surface area contributed by atoms with Crippen LogP contribution in [0.3, 0.4) is 0 Å². The summed E-state index contributed by atoms with van der Waals surface area (Å²) in [6.07, 6.45) is 1.85. The number of fused-ring (bicyclic) bond motifs is 1. The number of aromatic nitrogens is 3. The number of hydrogen-bond acceptors (Lipinski definition) is 7. The standard InChI is InChI=1S/C25H32N8O2/c1-30-8-12-32(13-9-30)23-7-6-19(16-26-23)17-27-25(35)33-14-10-31(11-15-33)18-22-28-21-5-3-2-4-20(21)24(34)29-22/h2-7,16H,8-15,17-18H2,1H3,(H,27,35)(H,28,29,34). The van der Waals surface area contributed by atoms with Gasteiger partial charge in [-0.1, -0.05) is 18.2 Å². The Morgan fingerprint density at radius 1 is 1.00 bits per heavy atom. The zero-order valence-corrected chi connectivity index (χ0v) is 20.1. The molecule has 4 heterocycles. The second kappa shape index (κ2) is 10.4. The first-order valence-electron chi connectivity index (χ1n) is 12.2. The van der Waals surface area contributed by atoms with Crippen LogP contribution in [0.4, 0.5) is 10.6 Å². The van der Waals surface area contributed by atoms with Crippen LogP contribution in [0.2, 0.25) is 0 Å². The number of piperazine rings is 2. The van der Waals surface area contributed by atoms with Gasteiger partial charge in [-0.15, -0.1) is 0 Å². The maximum absolute atomic E-state index is 12.7. The number of nitrogens with zero attached hydrogens (tertiary/aromatic N) is 6. The molecule has 0 spiro atoms. The molecule has 2 aliphatic rings. The molecular formula is C25H32N8O2. The average molecular weight is 477 g/mol. The minimum atomic E-state index is -0.116. The Morgan fingerprint density at radius 2 is 1.77 bits per heavy atom. The monoisotopic (exact) mass is 476 g/mol. The van der Waals surface area contributed by atoms with E-state index in [4.69, 9.17) is 0 Å². The van der Waals surface area contributed by atoms with Crippen molar-refractivity contribution in [1.29, 1.82) is 0 Å². The van der Waals surface area contributed by atoms with Crippen LogP contribution >= 0.6 is 0 Å². The lowest BCUT2D eigenvalue weighted by Crippen LogP contribution is -2.51. The lowest BCUT2D eigenvalue weighted by molar-refractivity contribution is 0.133. The Labute approximate surface area is 204 Å². The fourth-order valence-electron chi connectivity index (χ4n) is 4.56. The number of urea groups is 1. The molecule has 1 aromatic carbocycles. The summed E-state index contributed by atoms with van der Waals surface area (Å²) >= 11 is 0. The molecule has 2 aliphatic heterocycles. The second-order valence-electron chi connectivity index (χ2n) is 9.27. The molecule has 2 saturated heterocycles. The molecule has 35 heavy (non-hydrogen) atoms. The molecule has 0 saturated carbocycles. The van der Waals surface area contributed by atoms with Gasteiger partial charge >= 0.3 is 6.03 Å². The molecule has 2 aromatic heterocycles. The number of benzene rings is 1. The maximum Gasteiger partial charge on any atom is 0.317 e. The Hall–Kier alpha value is -3.50. The third kappa shape index (κ3) is 5.60. The number of likely N-dealkylation sites (N-methyl/N-ethyl adjacent to an activating group) is 1. The van der Waals surface area contributed by atoms with Crippen molar-refractivity contribution in [2.45, 2.75) is 13.1 Å². The number of para-hydroxylation sites is 1. The van der Waals surface area contributed by atoms with Crippen LogP contribution in [0.15, 0.2) is 47.4 Å². The molecule has 0 aliphatic carbocycles. The van der Waals surface area contributed by atoms with Crippen molar-refractivity contribution in [3.63, 3.8) is 0 Å². The fourth-order valence-corrected chi connectivity index (χ4v) is 4.56. The van der Waals surface area contributed by atoms with E-state index in [1.165, 1.54) is 0 Å². The smallest absolute Gasteiger partial charge is 0.317 e. The first kappa shape index (κ1) is 23.3. The van der Waals surface area contributed by atoms with E-state index in [9.17, 15) is 9.59 Å². The van der Waals surface area contributed by atoms with Gasteiger partial charge in [0, 0.05) is 65.1 Å². The summed E-state index contributed by atoms with van der Waals surface area (Å²) in [6, 6.07) is 11.4. The van der Waals surface area contributed by atoms with Crippen molar-refractivity contribution < 1.29 is 4.79 Å². The SMILES string of the molecule is CN1CCN(c2ccc(CNC(=O)N3CCN(Cc4nc5ccccc5c(=O)[nH]4)CC3)cn2)CC1. The van der Waals surface area contributed by atoms with Gasteiger partial charge in [0.05, 0.1) is 17.4 Å². The van der Waals surface area contributed by atoms with Crippen molar-refractivity contribution >= 4 is 22.8 Å². The summed E-state index contributed by atoms with van der Waals surface area (Å²) in [5.74, 6) is 1.64. The number of H-pyrrole nitrogens is 1. The van der Waals surface area contributed by atoms with Gasteiger partial charge in [-0.2, -0.15) is 0 Å². The molecular weight excluding hydrogens is 444 g/mol. The van der Waals surface area contributed by atoms with Crippen LogP contribution in [0, 0.1) is 0 Å². The number of hydrogen-bond donors (Lipinski definition) is 2. The Balaban J connectivity index is 1.08. The predicted octanol–water partition coefficient (Wildman–Crippen LogP) is 1.10. The fraction of sp³-hybridized carbons (Fsp3) is 0.440. The van der Waals surface area contributed by atoms with Gasteiger partial charge < -0.3 is 25.0 Å². The van der Waals surface area contributed by atoms with Gasteiger partial charge in [-0.25, -0.2) is 14.8 Å². The second-order valence-corrected chi connectivity index (χ2v) is 9.27. The van der Waals surface area contributed by atoms with E-state index in [0.717, 1.165) is 50.6 Å². The molecule has 0 unspecified atom stereocenters. The molecule has 0 radical (unpaired) electrons. The van der Waals surface area contributed by atoms with Crippen molar-refractivity contribution in [1.82, 2.24) is 35.0 Å². The molecule has 2 amide bonds. The number of nitrogens with one attached hydrogen (secondary N) is 2. The molecule has 0 atom stereocenters. The Kier molecular flexibility index (Phi) is 6.91. The average Bonchev–Trinajstić information content (AvgIpc) is 2.89. The highest BCUT2D eigenvalue weighted by Gasteiger charge is 2.22. The predicted molar refractivity (Wildman–Crippen MR) is 135 cm³/mol. The normalized spacial score (nSPS) is 17.6. The lowest BCUT2D eigenvalue weighted by Gasteiger charge is -2.34. The number of aromatic amines is 1. The van der Waals surface area contributed by atoms with Gasteiger partial charge in [-0.05, 0) is 30.8 Å². The van der Waals surface area contributed by atoms with Gasteiger partial charge in [0.2, 0.25) is 0 Å². The van der Waals surface area contributed by atoms with Crippen LogP contribution in [0.25, 0.3) is 10.9 Å². The van der Waals surface area contributed by atoms with E-state index in [2.05, 4.69) is 42.0 Å². The van der Waals surface area contributed by atoms with Crippen molar-refractivity contribution in [2.75, 3.05) is 64.3 Å². The highest BCUT2D eigenvalue weighted by Crippen LogP contribution is 2.14. The van der Waals surface area contributed by atoms with E-state index < -0.39 is 0 Å². The summed E-state index contributed by atoms with van der Waals surface area (Å²) in [6.45, 7) is 7.78. The van der Waals surface area contributed by atoms with Crippen LogP contribution < -0.4 is 15.8 Å². The number of anilines is 1. The van der Waals surface area contributed by atoms with E-state index in [1.54, 1.807) is 6.07 Å². The number of pyridine rings is 1. The quantitative estimate of drug-likeness (QED) is 0.569. The first-order chi connectivity index (χ1) is 17.0. The molecule has 10 heteroatoms. The van der Waals surface area contributed by atoms with E-state index in [-0.39, 0.29) is 11.6 Å². The summed E-state index contributed by atoms with van der Waals surface area (Å²) in [7, 11) is 2.14. The van der Waals surface area contributed by atoms with Crippen LogP contribution in [0.5, 0.6) is 0 Å². The highest BCUT2D eigenvalue weighted by atomic mass is 16.2. The van der Waals surface area contributed by atoms with Crippen LogP contribution in [0.1, 0.15) is 11.4 Å². The number of carbonyl (C=O) groups excluding carboxylic acids is 1. The minimum absolute atomic E-state index is 0.0648. The van der Waals surface area contributed by atoms with Gasteiger partial charge in [0.1, 0.15) is 11.6 Å². The topological polar surface area (TPSA) is 101 Å². The van der Waals surface area contributed by atoms with Gasteiger partial charge in [0.15, 0.2) is 0 Å². The minimum Gasteiger partial charge on any atom is -0.354 e. The molecule has 2 fully saturated rings. The van der Waals surface area contributed by atoms with Gasteiger partial charge in [-0.3, -0.25) is 9.69 Å². The van der Waals surface area contributed by atoms with Crippen molar-refractivity contribution in [3.8, 4) is 0 Å². The molecule has 2 N–H and O–H groups in total. The number of rotatable bonds is 5. The molecule has 3 aromatic rings. The third-order valence-electron chi connectivity index (χ3n) is 6.77. The van der Waals surface area contributed by atoms with E-state index in [0.29, 0.717) is 42.9 Å². The Bertz CT molecular complexity index is 1210. The Morgan fingerprint density at radius 3 is 2.51 bits per heavy atom. The van der Waals surface area contributed by atoms with Crippen LogP contribution in [-0.4, -0.2) is 95.1 Å². The zero-order chi connectivity index (χ0) is 24.2. The first-order valence-corrected chi connectivity index (χ1v) is 12.2. The summed E-state index contributed by atoms with van der Waals surface area (Å²) in [4.78, 5) is 45.7. The highest BCUT2D eigenvalue weighted by molar-refractivity contribution is 5.77. The number of amides is 2. The van der Waals surface area contributed by atoms with E-state index in [1.807, 2.05) is 41.4 Å². The maximum atomic E-state index is 12.7. The molecule has 5 rings (SSSR count). The largest absolute Gasteiger partial charge is 0.354 e. The number of carbonyl (C=O) groups is 1. The molecule has 0 bridgehead atoms. The lowest BCUT2D eigenvalue weighted by atomic mass is 10.2. The summed E-state index contributed by atoms with van der Waals surface area (Å²) < 4.78 is 0. The van der Waals surface area contributed by atoms with Crippen LogP contribution in [-0.2, 0) is 13.1 Å². The third-order valence-corrected chi connectivity index (χ3v) is 6.77. The zero-order valence-electron chi connectivity index (χ0n) is 20.1. The summed E-state index contributed by atoms with van der Waals surface area (Å²) in [5.41, 5.74) is 1.58. The molecule has 184 valence electrons. The van der Waals surface area contributed by atoms with Crippen molar-refractivity contribution in [3.05, 3.63) is 64.3 Å². The van der Waals surface area contributed by atoms with Crippen molar-refractivity contribution in [2.24, 2.45) is 0 Å². The summed E-state index contributed by atoms with van der Waals surface area (Å²) in [5, 5.41) is 3.61. The van der Waals surface area contributed by atoms with Gasteiger partial charge in [0.25, 0.3) is 5.56 Å². The molecule has 10 nitrogen and oxygen atoms in total.